The average Bonchev–Trinajstić information content (AvgIpc) is 3.47. The summed E-state index contributed by atoms with van der Waals surface area (Å²) >= 11 is 6.05. The maximum atomic E-state index is 13.5. The van der Waals surface area contributed by atoms with E-state index < -0.39 is 5.97 Å². The number of aryl methyl sites for hydroxylation is 2. The number of carboxylic acid groups (broad SMARTS) is 1. The molecule has 1 amide bonds. The number of hydrogen-bond donors (Lipinski definition) is 2. The summed E-state index contributed by atoms with van der Waals surface area (Å²) in [5, 5.41) is 14.1. The lowest BCUT2D eigenvalue weighted by Crippen LogP contribution is -2.27. The molecule has 4 aromatic rings. The summed E-state index contributed by atoms with van der Waals surface area (Å²) in [6.45, 7) is 2.55. The summed E-state index contributed by atoms with van der Waals surface area (Å²) in [6.07, 6.45) is 5.18. The predicted octanol–water partition coefficient (Wildman–Crippen LogP) is 6.02. The van der Waals surface area contributed by atoms with Gasteiger partial charge in [0, 0.05) is 23.2 Å². The number of aromatic nitrogens is 1. The van der Waals surface area contributed by atoms with Gasteiger partial charge in [-0.1, -0.05) is 35.9 Å². The van der Waals surface area contributed by atoms with Crippen molar-refractivity contribution in [2.75, 3.05) is 0 Å². The SMILES string of the molecule is C[C@H](NC(=O)c1cc2c(c3ccn(Cc4ccc(Cl)cc4)c13)CCC2)c1ccc(C(=O)O)cc1. The molecule has 0 unspecified atom stereocenters. The Morgan fingerprint density at radius 3 is 2.50 bits per heavy atom. The first-order valence-corrected chi connectivity index (χ1v) is 11.8. The zero-order chi connectivity index (χ0) is 23.8. The van der Waals surface area contributed by atoms with Crippen molar-refractivity contribution >= 4 is 34.4 Å². The van der Waals surface area contributed by atoms with E-state index in [4.69, 9.17) is 16.7 Å². The molecule has 5 rings (SSSR count). The number of carbonyl (C=O) groups excluding carboxylic acids is 1. The molecule has 1 aliphatic carbocycles. The van der Waals surface area contributed by atoms with Gasteiger partial charge in [0.15, 0.2) is 0 Å². The largest absolute Gasteiger partial charge is 0.478 e. The highest BCUT2D eigenvalue weighted by molar-refractivity contribution is 6.30. The lowest BCUT2D eigenvalue weighted by atomic mass is 9.99. The molecule has 0 saturated heterocycles. The minimum atomic E-state index is -0.967. The number of carbonyl (C=O) groups is 2. The van der Waals surface area contributed by atoms with E-state index in [0.717, 1.165) is 41.3 Å². The fraction of sp³-hybridized carbons (Fsp3) is 0.214. The standard InChI is InChI=1S/C28H25ClN2O3/c1-17(19-7-9-20(10-8-19)28(33)34)30-27(32)25-15-21-3-2-4-23(21)24-13-14-31(26(24)25)16-18-5-11-22(29)12-6-18/h5-15,17H,2-4,16H2,1H3,(H,30,32)(H,33,34)/t17-/m0/s1. The van der Waals surface area contributed by atoms with Crippen LogP contribution >= 0.6 is 11.6 Å². The first kappa shape index (κ1) is 22.2. The fourth-order valence-electron chi connectivity index (χ4n) is 4.86. The predicted molar refractivity (Wildman–Crippen MR) is 134 cm³/mol. The van der Waals surface area contributed by atoms with E-state index in [2.05, 4.69) is 28.2 Å². The van der Waals surface area contributed by atoms with Crippen LogP contribution in [0.4, 0.5) is 0 Å². The Morgan fingerprint density at radius 2 is 1.79 bits per heavy atom. The van der Waals surface area contributed by atoms with Gasteiger partial charge in [0.2, 0.25) is 0 Å². The van der Waals surface area contributed by atoms with Crippen LogP contribution < -0.4 is 5.32 Å². The number of nitrogens with zero attached hydrogens (tertiary/aromatic N) is 1. The smallest absolute Gasteiger partial charge is 0.335 e. The molecule has 172 valence electrons. The van der Waals surface area contributed by atoms with E-state index in [1.54, 1.807) is 24.3 Å². The Kier molecular flexibility index (Phi) is 5.88. The number of benzene rings is 3. The second-order valence-corrected chi connectivity index (χ2v) is 9.31. The summed E-state index contributed by atoms with van der Waals surface area (Å²) in [6, 6.07) is 18.3. The molecule has 0 radical (unpaired) electrons. The monoisotopic (exact) mass is 472 g/mol. The molecular weight excluding hydrogens is 448 g/mol. The Hall–Kier alpha value is -3.57. The molecule has 6 heteroatoms. The van der Waals surface area contributed by atoms with E-state index in [1.165, 1.54) is 11.1 Å². The number of amides is 1. The molecule has 0 spiro atoms. The Bertz CT molecular complexity index is 1390. The highest BCUT2D eigenvalue weighted by Crippen LogP contribution is 2.34. The van der Waals surface area contributed by atoms with Crippen LogP contribution in [0.25, 0.3) is 10.9 Å². The second-order valence-electron chi connectivity index (χ2n) is 8.87. The van der Waals surface area contributed by atoms with Gasteiger partial charge in [-0.15, -0.1) is 0 Å². The van der Waals surface area contributed by atoms with Gasteiger partial charge in [0.05, 0.1) is 22.7 Å². The first-order valence-electron chi connectivity index (χ1n) is 11.4. The van der Waals surface area contributed by atoms with Crippen LogP contribution in [0.1, 0.15) is 62.4 Å². The van der Waals surface area contributed by atoms with Crippen molar-refractivity contribution in [2.45, 2.75) is 38.8 Å². The van der Waals surface area contributed by atoms with Gasteiger partial charge < -0.3 is 15.0 Å². The van der Waals surface area contributed by atoms with Crippen molar-refractivity contribution in [2.24, 2.45) is 0 Å². The number of fused-ring (bicyclic) bond motifs is 3. The third-order valence-electron chi connectivity index (χ3n) is 6.64. The van der Waals surface area contributed by atoms with Crippen molar-refractivity contribution in [3.05, 3.63) is 105 Å². The molecule has 1 heterocycles. The quantitative estimate of drug-likeness (QED) is 0.360. The van der Waals surface area contributed by atoms with E-state index in [9.17, 15) is 9.59 Å². The molecule has 34 heavy (non-hydrogen) atoms. The summed E-state index contributed by atoms with van der Waals surface area (Å²) in [4.78, 5) is 24.7. The number of rotatable bonds is 6. The van der Waals surface area contributed by atoms with Gasteiger partial charge >= 0.3 is 5.97 Å². The second kappa shape index (κ2) is 8.99. The Balaban J connectivity index is 1.49. The third kappa shape index (κ3) is 4.19. The molecule has 0 bridgehead atoms. The summed E-state index contributed by atoms with van der Waals surface area (Å²) < 4.78 is 2.14. The minimum absolute atomic E-state index is 0.134. The molecule has 5 nitrogen and oxygen atoms in total. The van der Waals surface area contributed by atoms with Crippen LogP contribution in [-0.4, -0.2) is 21.6 Å². The van der Waals surface area contributed by atoms with Gasteiger partial charge in [-0.2, -0.15) is 0 Å². The molecular formula is C28H25ClN2O3. The number of halogens is 1. The lowest BCUT2D eigenvalue weighted by molar-refractivity contribution is 0.0696. The number of carboxylic acids is 1. The van der Waals surface area contributed by atoms with Crippen molar-refractivity contribution in [1.82, 2.24) is 9.88 Å². The maximum Gasteiger partial charge on any atom is 0.335 e. The van der Waals surface area contributed by atoms with Gasteiger partial charge in [0.25, 0.3) is 5.91 Å². The van der Waals surface area contributed by atoms with Crippen LogP contribution in [0.2, 0.25) is 5.02 Å². The molecule has 0 fully saturated rings. The summed E-state index contributed by atoms with van der Waals surface area (Å²) in [7, 11) is 0. The van der Waals surface area contributed by atoms with Crippen LogP contribution in [0.15, 0.2) is 66.9 Å². The molecule has 1 aliphatic rings. The number of nitrogens with one attached hydrogen (secondary N) is 1. The highest BCUT2D eigenvalue weighted by atomic mass is 35.5. The molecule has 3 aromatic carbocycles. The molecule has 2 N–H and O–H groups in total. The van der Waals surface area contributed by atoms with E-state index in [1.807, 2.05) is 31.2 Å². The zero-order valence-electron chi connectivity index (χ0n) is 18.8. The van der Waals surface area contributed by atoms with E-state index in [0.29, 0.717) is 17.1 Å². The normalized spacial score (nSPS) is 13.6. The van der Waals surface area contributed by atoms with Gasteiger partial charge in [-0.3, -0.25) is 4.79 Å². The summed E-state index contributed by atoms with van der Waals surface area (Å²) in [5.41, 5.74) is 6.40. The van der Waals surface area contributed by atoms with Crippen LogP contribution in [0.3, 0.4) is 0 Å². The van der Waals surface area contributed by atoms with E-state index in [-0.39, 0.29) is 17.5 Å². The Morgan fingerprint density at radius 1 is 1.06 bits per heavy atom. The first-order chi connectivity index (χ1) is 16.4. The molecule has 1 atom stereocenters. The topological polar surface area (TPSA) is 71.3 Å². The number of hydrogen-bond acceptors (Lipinski definition) is 2. The molecule has 1 aromatic heterocycles. The minimum Gasteiger partial charge on any atom is -0.478 e. The zero-order valence-corrected chi connectivity index (χ0v) is 19.6. The van der Waals surface area contributed by atoms with Gasteiger partial charge in [-0.25, -0.2) is 4.79 Å². The van der Waals surface area contributed by atoms with E-state index >= 15 is 0 Å². The van der Waals surface area contributed by atoms with Crippen LogP contribution in [0.5, 0.6) is 0 Å². The van der Waals surface area contributed by atoms with Crippen LogP contribution in [-0.2, 0) is 19.4 Å². The number of aromatic carboxylic acids is 1. The summed E-state index contributed by atoms with van der Waals surface area (Å²) in [5.74, 6) is -1.10. The molecule has 0 saturated carbocycles. The van der Waals surface area contributed by atoms with Crippen LogP contribution in [0, 0.1) is 0 Å². The van der Waals surface area contributed by atoms with Crippen molar-refractivity contribution in [3.8, 4) is 0 Å². The van der Waals surface area contributed by atoms with Crippen molar-refractivity contribution in [1.29, 1.82) is 0 Å². The maximum absolute atomic E-state index is 13.5. The van der Waals surface area contributed by atoms with Crippen molar-refractivity contribution in [3.63, 3.8) is 0 Å². The highest BCUT2D eigenvalue weighted by Gasteiger charge is 2.23. The fourth-order valence-corrected chi connectivity index (χ4v) is 4.98. The van der Waals surface area contributed by atoms with Gasteiger partial charge in [-0.05, 0) is 84.8 Å². The van der Waals surface area contributed by atoms with Gasteiger partial charge in [0.1, 0.15) is 0 Å². The molecule has 0 aliphatic heterocycles. The Labute approximate surface area is 203 Å². The lowest BCUT2D eigenvalue weighted by Gasteiger charge is -2.17. The average molecular weight is 473 g/mol. The third-order valence-corrected chi connectivity index (χ3v) is 6.89. The van der Waals surface area contributed by atoms with Crippen molar-refractivity contribution < 1.29 is 14.7 Å².